The largest absolute Gasteiger partial charge is 0.379 e. The lowest BCUT2D eigenvalue weighted by Gasteiger charge is -2.32. The zero-order valence-corrected chi connectivity index (χ0v) is 10.5. The number of hydrogen-bond donors (Lipinski definition) is 1. The zero-order valence-electron chi connectivity index (χ0n) is 10.5. The molecule has 1 aromatic rings. The molecule has 1 aromatic heterocycles. The number of alkyl halides is 8. The number of carbonyl (C=O) groups is 1. The van der Waals surface area contributed by atoms with Crippen molar-refractivity contribution in [1.82, 2.24) is 10.3 Å². The molecule has 0 saturated carbocycles. The standard InChI is InChI=1S/C11H8F8N2O/c12-8(13)10(16,17)11(18,19)9(14,15)5-21-7(22)6-1-3-20-4-2-6/h1-4,8H,5H2,(H,21,22). The van der Waals surface area contributed by atoms with E-state index >= 15 is 0 Å². The lowest BCUT2D eigenvalue weighted by molar-refractivity contribution is -0.335. The van der Waals surface area contributed by atoms with Crippen LogP contribution in [0.5, 0.6) is 0 Å². The zero-order chi connectivity index (χ0) is 17.2. The van der Waals surface area contributed by atoms with E-state index in [1.807, 2.05) is 0 Å². The second kappa shape index (κ2) is 6.05. The third-order valence-electron chi connectivity index (χ3n) is 2.57. The van der Waals surface area contributed by atoms with Crippen molar-refractivity contribution in [3.8, 4) is 0 Å². The second-order valence-electron chi connectivity index (χ2n) is 4.12. The Balaban J connectivity index is 2.85. The lowest BCUT2D eigenvalue weighted by Crippen LogP contribution is -2.61. The van der Waals surface area contributed by atoms with Gasteiger partial charge in [0.1, 0.15) is 0 Å². The summed E-state index contributed by atoms with van der Waals surface area (Å²) < 4.78 is 101. The number of nitrogens with one attached hydrogen (secondary N) is 1. The Hall–Kier alpha value is -1.94. The molecule has 0 bridgehead atoms. The fourth-order valence-electron chi connectivity index (χ4n) is 1.29. The van der Waals surface area contributed by atoms with Gasteiger partial charge in [-0.1, -0.05) is 0 Å². The first-order valence-corrected chi connectivity index (χ1v) is 5.53. The Labute approximate surface area is 118 Å². The van der Waals surface area contributed by atoms with E-state index in [9.17, 15) is 39.9 Å². The summed E-state index contributed by atoms with van der Waals surface area (Å²) in [5.41, 5.74) is -0.255. The van der Waals surface area contributed by atoms with E-state index in [1.54, 1.807) is 0 Å². The first-order chi connectivity index (χ1) is 9.93. The Bertz CT molecular complexity index is 520. The minimum absolute atomic E-state index is 0.255. The van der Waals surface area contributed by atoms with Crippen LogP contribution in [0.4, 0.5) is 35.1 Å². The van der Waals surface area contributed by atoms with E-state index in [2.05, 4.69) is 4.98 Å². The average Bonchev–Trinajstić information content (AvgIpc) is 2.45. The minimum atomic E-state index is -6.35. The first-order valence-electron chi connectivity index (χ1n) is 5.53. The second-order valence-corrected chi connectivity index (χ2v) is 4.12. The minimum Gasteiger partial charge on any atom is -0.346 e. The summed E-state index contributed by atoms with van der Waals surface area (Å²) in [6.45, 7) is -2.25. The number of aromatic nitrogens is 1. The van der Waals surface area contributed by atoms with Crippen molar-refractivity contribution in [2.45, 2.75) is 24.2 Å². The molecule has 22 heavy (non-hydrogen) atoms. The molecule has 0 radical (unpaired) electrons. The predicted molar refractivity (Wildman–Crippen MR) is 57.4 cm³/mol. The van der Waals surface area contributed by atoms with Crippen molar-refractivity contribution in [3.63, 3.8) is 0 Å². The molecule has 0 aliphatic rings. The summed E-state index contributed by atoms with van der Waals surface area (Å²) in [7, 11) is 0. The quantitative estimate of drug-likeness (QED) is 0.812. The molecular weight excluding hydrogens is 328 g/mol. The third-order valence-corrected chi connectivity index (χ3v) is 2.57. The highest BCUT2D eigenvalue weighted by Crippen LogP contribution is 2.48. The van der Waals surface area contributed by atoms with Crippen LogP contribution >= 0.6 is 0 Å². The van der Waals surface area contributed by atoms with Crippen molar-refractivity contribution in [2.75, 3.05) is 6.54 Å². The summed E-state index contributed by atoms with van der Waals surface area (Å²) >= 11 is 0. The van der Waals surface area contributed by atoms with Crippen LogP contribution in [-0.2, 0) is 0 Å². The van der Waals surface area contributed by atoms with Gasteiger partial charge in [-0.3, -0.25) is 9.78 Å². The summed E-state index contributed by atoms with van der Waals surface area (Å²) in [4.78, 5) is 14.8. The van der Waals surface area contributed by atoms with Gasteiger partial charge in [-0.15, -0.1) is 0 Å². The number of nitrogens with zero attached hydrogens (tertiary/aromatic N) is 1. The topological polar surface area (TPSA) is 42.0 Å². The first kappa shape index (κ1) is 18.1. The van der Waals surface area contributed by atoms with Gasteiger partial charge in [0.2, 0.25) is 0 Å². The number of pyridine rings is 1. The highest BCUT2D eigenvalue weighted by atomic mass is 19.4. The van der Waals surface area contributed by atoms with Crippen molar-refractivity contribution in [1.29, 1.82) is 0 Å². The van der Waals surface area contributed by atoms with Gasteiger partial charge >= 0.3 is 24.2 Å². The van der Waals surface area contributed by atoms with Gasteiger partial charge in [0, 0.05) is 18.0 Å². The lowest BCUT2D eigenvalue weighted by atomic mass is 10.0. The van der Waals surface area contributed by atoms with Crippen LogP contribution in [0, 0.1) is 0 Å². The van der Waals surface area contributed by atoms with Gasteiger partial charge in [0.05, 0.1) is 6.54 Å². The van der Waals surface area contributed by atoms with E-state index in [4.69, 9.17) is 0 Å². The molecular formula is C11H8F8N2O. The van der Waals surface area contributed by atoms with Gasteiger partial charge < -0.3 is 5.32 Å². The maximum Gasteiger partial charge on any atom is 0.379 e. The smallest absolute Gasteiger partial charge is 0.346 e. The fourth-order valence-corrected chi connectivity index (χ4v) is 1.29. The number of carbonyl (C=O) groups excluding carboxylic acids is 1. The molecule has 1 heterocycles. The summed E-state index contributed by atoms with van der Waals surface area (Å²) in [6, 6.07) is 2.08. The van der Waals surface area contributed by atoms with E-state index in [0.717, 1.165) is 24.5 Å². The molecule has 0 spiro atoms. The highest BCUT2D eigenvalue weighted by molar-refractivity contribution is 5.93. The van der Waals surface area contributed by atoms with E-state index in [-0.39, 0.29) is 5.56 Å². The summed E-state index contributed by atoms with van der Waals surface area (Å²) in [5.74, 6) is -19.5. The highest BCUT2D eigenvalue weighted by Gasteiger charge is 2.75. The van der Waals surface area contributed by atoms with Gasteiger partial charge in [-0.05, 0) is 12.1 Å². The average molecular weight is 336 g/mol. The van der Waals surface area contributed by atoms with Crippen LogP contribution in [0.25, 0.3) is 0 Å². The molecule has 0 saturated heterocycles. The molecule has 0 unspecified atom stereocenters. The molecule has 1 N–H and O–H groups in total. The Morgan fingerprint density at radius 1 is 1.09 bits per heavy atom. The monoisotopic (exact) mass is 336 g/mol. The van der Waals surface area contributed by atoms with Crippen LogP contribution in [0.3, 0.4) is 0 Å². The molecule has 11 heteroatoms. The summed E-state index contributed by atoms with van der Waals surface area (Å²) in [5, 5.41) is 1.28. The van der Waals surface area contributed by atoms with Crippen LogP contribution < -0.4 is 5.32 Å². The van der Waals surface area contributed by atoms with Gasteiger partial charge in [0.25, 0.3) is 5.91 Å². The maximum atomic E-state index is 13.1. The normalized spacial score (nSPS) is 13.3. The number of rotatable bonds is 6. The van der Waals surface area contributed by atoms with Crippen LogP contribution in [-0.4, -0.2) is 41.6 Å². The molecule has 0 aliphatic heterocycles. The summed E-state index contributed by atoms with van der Waals surface area (Å²) in [6.07, 6.45) is -2.82. The van der Waals surface area contributed by atoms with Gasteiger partial charge in [0.15, 0.2) is 0 Å². The Morgan fingerprint density at radius 2 is 1.59 bits per heavy atom. The number of amides is 1. The Morgan fingerprint density at radius 3 is 2.05 bits per heavy atom. The predicted octanol–water partition coefficient (Wildman–Crippen LogP) is 2.98. The van der Waals surface area contributed by atoms with Crippen LogP contribution in [0.15, 0.2) is 24.5 Å². The third kappa shape index (κ3) is 3.28. The molecule has 0 aromatic carbocycles. The van der Waals surface area contributed by atoms with E-state index < -0.39 is 36.6 Å². The fraction of sp³-hybridized carbons (Fsp3) is 0.455. The van der Waals surface area contributed by atoms with E-state index in [1.165, 1.54) is 5.32 Å². The van der Waals surface area contributed by atoms with Gasteiger partial charge in [-0.2, -0.15) is 26.3 Å². The van der Waals surface area contributed by atoms with Crippen molar-refractivity contribution >= 4 is 5.91 Å². The molecule has 0 atom stereocenters. The number of halogens is 8. The van der Waals surface area contributed by atoms with Crippen molar-refractivity contribution < 1.29 is 39.9 Å². The molecule has 3 nitrogen and oxygen atoms in total. The van der Waals surface area contributed by atoms with Crippen LogP contribution in [0.1, 0.15) is 10.4 Å². The molecule has 124 valence electrons. The molecule has 1 rings (SSSR count). The maximum absolute atomic E-state index is 13.1. The van der Waals surface area contributed by atoms with Gasteiger partial charge in [-0.25, -0.2) is 8.78 Å². The SMILES string of the molecule is O=C(NCC(F)(F)C(F)(F)C(F)(F)C(F)F)c1ccncc1. The van der Waals surface area contributed by atoms with Crippen molar-refractivity contribution in [2.24, 2.45) is 0 Å². The van der Waals surface area contributed by atoms with E-state index in [0.29, 0.717) is 0 Å². The number of hydrogen-bond acceptors (Lipinski definition) is 2. The molecule has 0 fully saturated rings. The van der Waals surface area contributed by atoms with Crippen molar-refractivity contribution in [3.05, 3.63) is 30.1 Å². The Kier molecular flexibility index (Phi) is 4.98. The van der Waals surface area contributed by atoms with Crippen LogP contribution in [0.2, 0.25) is 0 Å². The molecule has 1 amide bonds. The molecule has 0 aliphatic carbocycles.